The van der Waals surface area contributed by atoms with E-state index in [1.165, 1.54) is 16.8 Å². The molecule has 166 valence electrons. The smallest absolute Gasteiger partial charge is 0.251 e. The highest BCUT2D eigenvalue weighted by molar-refractivity contribution is 7.89. The Bertz CT molecular complexity index is 935. The molecule has 4 rings (SSSR count). The van der Waals surface area contributed by atoms with E-state index in [1.807, 2.05) is 0 Å². The Morgan fingerprint density at radius 1 is 1.20 bits per heavy atom. The molecule has 7 nitrogen and oxygen atoms in total. The summed E-state index contributed by atoms with van der Waals surface area (Å²) in [5.41, 5.74) is 1.02. The highest BCUT2D eigenvalue weighted by Gasteiger charge is 2.59. The fourth-order valence-electron chi connectivity index (χ4n) is 5.89. The van der Waals surface area contributed by atoms with Gasteiger partial charge in [0.05, 0.1) is 18.9 Å². The first-order chi connectivity index (χ1) is 14.1. The van der Waals surface area contributed by atoms with E-state index in [1.54, 1.807) is 19.2 Å². The number of hydrogen-bond donors (Lipinski definition) is 2. The van der Waals surface area contributed by atoms with Crippen molar-refractivity contribution in [1.29, 1.82) is 0 Å². The molecule has 2 bridgehead atoms. The van der Waals surface area contributed by atoms with Crippen LogP contribution in [0.3, 0.4) is 0 Å². The van der Waals surface area contributed by atoms with Crippen LogP contribution in [-0.4, -0.2) is 58.0 Å². The van der Waals surface area contributed by atoms with Gasteiger partial charge in [-0.15, -0.1) is 0 Å². The first kappa shape index (κ1) is 21.6. The molecule has 0 aromatic heterocycles. The van der Waals surface area contributed by atoms with Gasteiger partial charge in [0.15, 0.2) is 0 Å². The first-order valence-electron chi connectivity index (χ1n) is 10.8. The molecular formula is C22H33N3O4S. The number of hydrogen-bond acceptors (Lipinski definition) is 5. The Labute approximate surface area is 179 Å². The second-order valence-corrected chi connectivity index (χ2v) is 11.7. The van der Waals surface area contributed by atoms with Crippen LogP contribution in [0.15, 0.2) is 23.1 Å². The Morgan fingerprint density at radius 2 is 1.90 bits per heavy atom. The summed E-state index contributed by atoms with van der Waals surface area (Å²) in [6, 6.07) is 4.96. The third kappa shape index (κ3) is 3.42. The number of rotatable bonds is 5. The van der Waals surface area contributed by atoms with Gasteiger partial charge in [-0.3, -0.25) is 4.79 Å². The van der Waals surface area contributed by atoms with Crippen LogP contribution in [0.1, 0.15) is 50.4 Å². The number of nitrogens with one attached hydrogen (secondary N) is 2. The van der Waals surface area contributed by atoms with Crippen molar-refractivity contribution in [1.82, 2.24) is 9.62 Å². The molecular weight excluding hydrogens is 402 g/mol. The second-order valence-electron chi connectivity index (χ2n) is 9.80. The van der Waals surface area contributed by atoms with Crippen molar-refractivity contribution in [2.75, 3.05) is 38.7 Å². The van der Waals surface area contributed by atoms with Crippen LogP contribution in [0, 0.1) is 16.7 Å². The van der Waals surface area contributed by atoms with Gasteiger partial charge >= 0.3 is 0 Å². The zero-order chi connectivity index (χ0) is 21.7. The summed E-state index contributed by atoms with van der Waals surface area (Å²) < 4.78 is 33.2. The molecule has 2 saturated carbocycles. The lowest BCUT2D eigenvalue weighted by atomic mass is 9.68. The summed E-state index contributed by atoms with van der Waals surface area (Å²) in [6.07, 6.45) is 3.48. The molecule has 0 radical (unpaired) electrons. The molecule has 3 unspecified atom stereocenters. The summed E-state index contributed by atoms with van der Waals surface area (Å²) >= 11 is 0. The summed E-state index contributed by atoms with van der Waals surface area (Å²) in [5.74, 6) is 0.416. The van der Waals surface area contributed by atoms with Gasteiger partial charge in [-0.05, 0) is 54.2 Å². The number of fused-ring (bicyclic) bond motifs is 2. The molecule has 1 aromatic rings. The minimum atomic E-state index is -3.72. The number of amides is 1. The van der Waals surface area contributed by atoms with Crippen LogP contribution in [0.5, 0.6) is 0 Å². The van der Waals surface area contributed by atoms with Gasteiger partial charge in [0.1, 0.15) is 4.90 Å². The van der Waals surface area contributed by atoms with Crippen LogP contribution < -0.4 is 10.6 Å². The number of morpholine rings is 1. The molecule has 0 spiro atoms. The van der Waals surface area contributed by atoms with Gasteiger partial charge in [-0.1, -0.05) is 20.8 Å². The largest absolute Gasteiger partial charge is 0.387 e. The Morgan fingerprint density at radius 3 is 2.50 bits per heavy atom. The summed E-state index contributed by atoms with van der Waals surface area (Å²) in [5, 5.41) is 6.22. The number of carbonyl (C=O) groups excluding carboxylic acids is 1. The SMILES string of the molecule is CNc1ccc(C(=O)NC2C3(C)CCC(C3)C2(C)C)cc1S(=O)(=O)N1CCOCC1. The molecule has 2 aliphatic carbocycles. The Hall–Kier alpha value is -1.64. The number of benzene rings is 1. The molecule has 1 aromatic carbocycles. The quantitative estimate of drug-likeness (QED) is 0.743. The predicted octanol–water partition coefficient (Wildman–Crippen LogP) is 2.69. The molecule has 3 aliphatic rings. The molecule has 3 fully saturated rings. The highest BCUT2D eigenvalue weighted by atomic mass is 32.2. The summed E-state index contributed by atoms with van der Waals surface area (Å²) in [4.78, 5) is 13.3. The molecule has 8 heteroatoms. The summed E-state index contributed by atoms with van der Waals surface area (Å²) in [6.45, 7) is 8.15. The average molecular weight is 436 g/mol. The van der Waals surface area contributed by atoms with E-state index in [9.17, 15) is 13.2 Å². The normalized spacial score (nSPS) is 30.9. The third-order valence-corrected chi connectivity index (χ3v) is 9.58. The van der Waals surface area contributed by atoms with Crippen LogP contribution in [0.2, 0.25) is 0 Å². The maximum Gasteiger partial charge on any atom is 0.251 e. The highest BCUT2D eigenvalue weighted by Crippen LogP contribution is 2.62. The van der Waals surface area contributed by atoms with Crippen molar-refractivity contribution in [2.45, 2.75) is 51.0 Å². The average Bonchev–Trinajstić information content (AvgIpc) is 3.22. The standard InChI is InChI=1S/C22H33N3O4S/c1-21(2)16-7-8-22(3,14-16)20(21)24-19(26)15-5-6-17(23-4)18(13-15)30(27,28)25-9-11-29-12-10-25/h5-6,13,16,20,23H,7-12,14H2,1-4H3,(H,24,26). The van der Waals surface area contributed by atoms with Crippen LogP contribution >= 0.6 is 0 Å². The van der Waals surface area contributed by atoms with Crippen LogP contribution in [0.4, 0.5) is 5.69 Å². The minimum absolute atomic E-state index is 0.0380. The van der Waals surface area contributed by atoms with Crippen molar-refractivity contribution in [2.24, 2.45) is 16.7 Å². The minimum Gasteiger partial charge on any atom is -0.387 e. The Balaban J connectivity index is 1.62. The van der Waals surface area contributed by atoms with Crippen LogP contribution in [0.25, 0.3) is 0 Å². The maximum atomic E-state index is 13.2. The molecule has 1 amide bonds. The molecule has 2 N–H and O–H groups in total. The van der Waals surface area contributed by atoms with E-state index >= 15 is 0 Å². The van der Waals surface area contributed by atoms with E-state index in [0.29, 0.717) is 43.5 Å². The third-order valence-electron chi connectivity index (χ3n) is 7.65. The number of sulfonamides is 1. The van der Waals surface area contributed by atoms with E-state index in [4.69, 9.17) is 4.74 Å². The number of nitrogens with zero attached hydrogens (tertiary/aromatic N) is 1. The van der Waals surface area contributed by atoms with Gasteiger partial charge in [0.2, 0.25) is 10.0 Å². The zero-order valence-electron chi connectivity index (χ0n) is 18.3. The van der Waals surface area contributed by atoms with Gasteiger partial charge in [-0.25, -0.2) is 8.42 Å². The fraction of sp³-hybridized carbons (Fsp3) is 0.682. The summed E-state index contributed by atoms with van der Waals surface area (Å²) in [7, 11) is -2.03. The zero-order valence-corrected chi connectivity index (χ0v) is 19.1. The maximum absolute atomic E-state index is 13.2. The van der Waals surface area contributed by atoms with Crippen molar-refractivity contribution in [3.8, 4) is 0 Å². The molecule has 3 atom stereocenters. The lowest BCUT2D eigenvalue weighted by Crippen LogP contribution is -2.52. The van der Waals surface area contributed by atoms with Crippen molar-refractivity contribution in [3.05, 3.63) is 23.8 Å². The first-order valence-corrected chi connectivity index (χ1v) is 12.2. The van der Waals surface area contributed by atoms with Crippen LogP contribution in [-0.2, 0) is 14.8 Å². The monoisotopic (exact) mass is 435 g/mol. The molecule has 30 heavy (non-hydrogen) atoms. The van der Waals surface area contributed by atoms with Crippen molar-refractivity contribution in [3.63, 3.8) is 0 Å². The van der Waals surface area contributed by atoms with E-state index in [-0.39, 0.29) is 27.7 Å². The van der Waals surface area contributed by atoms with Gasteiger partial charge in [0.25, 0.3) is 5.91 Å². The van der Waals surface area contributed by atoms with Gasteiger partial charge in [0, 0.05) is 31.7 Å². The van der Waals surface area contributed by atoms with Gasteiger partial charge < -0.3 is 15.4 Å². The van der Waals surface area contributed by atoms with Crippen molar-refractivity contribution >= 4 is 21.6 Å². The van der Waals surface area contributed by atoms with E-state index in [2.05, 4.69) is 31.4 Å². The second kappa shape index (κ2) is 7.50. The predicted molar refractivity (Wildman–Crippen MR) is 116 cm³/mol. The molecule has 1 heterocycles. The van der Waals surface area contributed by atoms with Crippen molar-refractivity contribution < 1.29 is 17.9 Å². The molecule has 1 aliphatic heterocycles. The lowest BCUT2D eigenvalue weighted by Gasteiger charge is -2.43. The van der Waals surface area contributed by atoms with Gasteiger partial charge in [-0.2, -0.15) is 4.31 Å². The lowest BCUT2D eigenvalue weighted by molar-refractivity contribution is 0.0729. The van der Waals surface area contributed by atoms with E-state index < -0.39 is 10.0 Å². The Kier molecular flexibility index (Phi) is 5.39. The van der Waals surface area contributed by atoms with E-state index in [0.717, 1.165) is 12.8 Å². The topological polar surface area (TPSA) is 87.7 Å². The molecule has 1 saturated heterocycles. The fourth-order valence-corrected chi connectivity index (χ4v) is 7.52. The number of ether oxygens (including phenoxy) is 1. The number of carbonyl (C=O) groups is 1. The number of anilines is 1.